The van der Waals surface area contributed by atoms with Gasteiger partial charge in [0.15, 0.2) is 0 Å². The van der Waals surface area contributed by atoms with Gasteiger partial charge in [0, 0.05) is 43.9 Å². The quantitative estimate of drug-likeness (QED) is 0.652. The molecule has 1 aromatic heterocycles. The molecule has 2 aromatic carbocycles. The number of benzene rings is 2. The molecule has 28 heavy (non-hydrogen) atoms. The summed E-state index contributed by atoms with van der Waals surface area (Å²) >= 11 is 0. The van der Waals surface area contributed by atoms with Crippen LogP contribution in [0.2, 0.25) is 0 Å². The SMILES string of the molecule is CN(C)c1ccc(Nc2ccnc(C(=O)NCCc3ccccc3F)c2)cc1. The van der Waals surface area contributed by atoms with E-state index >= 15 is 0 Å². The van der Waals surface area contributed by atoms with E-state index < -0.39 is 0 Å². The average molecular weight is 378 g/mol. The summed E-state index contributed by atoms with van der Waals surface area (Å²) in [5.41, 5.74) is 3.68. The van der Waals surface area contributed by atoms with E-state index in [4.69, 9.17) is 0 Å². The molecule has 0 bridgehead atoms. The van der Waals surface area contributed by atoms with Gasteiger partial charge in [-0.15, -0.1) is 0 Å². The van der Waals surface area contributed by atoms with Crippen LogP contribution in [0.4, 0.5) is 21.5 Å². The Bertz CT molecular complexity index is 941. The molecule has 0 spiro atoms. The summed E-state index contributed by atoms with van der Waals surface area (Å²) in [6.07, 6.45) is 2.01. The van der Waals surface area contributed by atoms with E-state index in [1.807, 2.05) is 43.3 Å². The number of carbonyl (C=O) groups excluding carboxylic acids is 1. The fourth-order valence-electron chi connectivity index (χ4n) is 2.74. The van der Waals surface area contributed by atoms with Crippen LogP contribution in [0, 0.1) is 5.82 Å². The van der Waals surface area contributed by atoms with Gasteiger partial charge in [-0.1, -0.05) is 18.2 Å². The molecule has 144 valence electrons. The van der Waals surface area contributed by atoms with Gasteiger partial charge in [-0.05, 0) is 54.4 Å². The molecule has 0 radical (unpaired) electrons. The van der Waals surface area contributed by atoms with Gasteiger partial charge in [0.05, 0.1) is 0 Å². The molecule has 1 amide bonds. The number of anilines is 3. The maximum Gasteiger partial charge on any atom is 0.269 e. The van der Waals surface area contributed by atoms with E-state index in [0.717, 1.165) is 17.1 Å². The van der Waals surface area contributed by atoms with Crippen molar-refractivity contribution >= 4 is 23.0 Å². The van der Waals surface area contributed by atoms with Gasteiger partial charge < -0.3 is 15.5 Å². The molecule has 0 saturated carbocycles. The maximum atomic E-state index is 13.6. The number of hydrogen-bond acceptors (Lipinski definition) is 4. The zero-order valence-corrected chi connectivity index (χ0v) is 15.9. The van der Waals surface area contributed by atoms with Crippen LogP contribution in [0.3, 0.4) is 0 Å². The van der Waals surface area contributed by atoms with Gasteiger partial charge in [0.1, 0.15) is 11.5 Å². The van der Waals surface area contributed by atoms with E-state index in [9.17, 15) is 9.18 Å². The van der Waals surface area contributed by atoms with Crippen LogP contribution in [0.1, 0.15) is 16.1 Å². The fourth-order valence-corrected chi connectivity index (χ4v) is 2.74. The Kier molecular flexibility index (Phi) is 6.22. The summed E-state index contributed by atoms with van der Waals surface area (Å²) < 4.78 is 13.6. The Hall–Kier alpha value is -3.41. The van der Waals surface area contributed by atoms with E-state index in [2.05, 4.69) is 15.6 Å². The molecular weight excluding hydrogens is 355 g/mol. The Morgan fingerprint density at radius 2 is 1.79 bits per heavy atom. The molecule has 3 rings (SSSR count). The monoisotopic (exact) mass is 378 g/mol. The summed E-state index contributed by atoms with van der Waals surface area (Å²) in [7, 11) is 3.98. The third-order valence-corrected chi connectivity index (χ3v) is 4.30. The predicted octanol–water partition coefficient (Wildman–Crippen LogP) is 4.00. The van der Waals surface area contributed by atoms with E-state index in [1.54, 1.807) is 36.5 Å². The first-order chi connectivity index (χ1) is 13.5. The average Bonchev–Trinajstić information content (AvgIpc) is 2.70. The largest absolute Gasteiger partial charge is 0.378 e. The van der Waals surface area contributed by atoms with Crippen molar-refractivity contribution in [2.75, 3.05) is 30.9 Å². The number of pyridine rings is 1. The zero-order valence-electron chi connectivity index (χ0n) is 15.9. The van der Waals surface area contributed by atoms with Crippen molar-refractivity contribution in [3.8, 4) is 0 Å². The van der Waals surface area contributed by atoms with Gasteiger partial charge in [-0.3, -0.25) is 9.78 Å². The van der Waals surface area contributed by atoms with Crippen molar-refractivity contribution in [2.45, 2.75) is 6.42 Å². The lowest BCUT2D eigenvalue weighted by molar-refractivity contribution is 0.0949. The highest BCUT2D eigenvalue weighted by atomic mass is 19.1. The molecule has 6 heteroatoms. The second-order valence-electron chi connectivity index (χ2n) is 6.59. The Morgan fingerprint density at radius 1 is 1.04 bits per heavy atom. The highest BCUT2D eigenvalue weighted by Crippen LogP contribution is 2.20. The molecule has 0 saturated heterocycles. The maximum absolute atomic E-state index is 13.6. The lowest BCUT2D eigenvalue weighted by atomic mass is 10.1. The van der Waals surface area contributed by atoms with Gasteiger partial charge in [-0.25, -0.2) is 4.39 Å². The molecule has 0 unspecified atom stereocenters. The standard InChI is InChI=1S/C22H23FN4O/c1-27(2)19-9-7-17(8-10-19)26-18-12-14-24-21(15-18)22(28)25-13-11-16-5-3-4-6-20(16)23/h3-10,12,14-15H,11,13H2,1-2H3,(H,24,26)(H,25,28). The van der Waals surface area contributed by atoms with Crippen molar-refractivity contribution < 1.29 is 9.18 Å². The highest BCUT2D eigenvalue weighted by Gasteiger charge is 2.09. The van der Waals surface area contributed by atoms with Gasteiger partial charge in [0.2, 0.25) is 0 Å². The van der Waals surface area contributed by atoms with Crippen molar-refractivity contribution in [1.82, 2.24) is 10.3 Å². The molecule has 0 atom stereocenters. The summed E-state index contributed by atoms with van der Waals surface area (Å²) in [5, 5.41) is 6.05. The molecule has 0 aliphatic carbocycles. The van der Waals surface area contributed by atoms with Crippen molar-refractivity contribution in [1.29, 1.82) is 0 Å². The first-order valence-electron chi connectivity index (χ1n) is 9.05. The Balaban J connectivity index is 1.59. The molecule has 5 nitrogen and oxygen atoms in total. The third-order valence-electron chi connectivity index (χ3n) is 4.30. The normalized spacial score (nSPS) is 10.4. The first kappa shape index (κ1) is 19.4. The number of carbonyl (C=O) groups is 1. The predicted molar refractivity (Wildman–Crippen MR) is 111 cm³/mol. The number of nitrogens with one attached hydrogen (secondary N) is 2. The minimum atomic E-state index is -0.289. The van der Waals surface area contributed by atoms with Gasteiger partial charge >= 0.3 is 0 Å². The molecule has 0 aliphatic heterocycles. The number of aromatic nitrogens is 1. The number of halogens is 1. The molecular formula is C22H23FN4O. The van der Waals surface area contributed by atoms with Crippen molar-refractivity contribution in [3.05, 3.63) is 83.9 Å². The van der Waals surface area contributed by atoms with E-state index in [-0.39, 0.29) is 11.7 Å². The molecule has 1 heterocycles. The van der Waals surface area contributed by atoms with Crippen molar-refractivity contribution in [3.63, 3.8) is 0 Å². The van der Waals surface area contributed by atoms with Crippen LogP contribution in [-0.2, 0) is 6.42 Å². The molecule has 3 aromatic rings. The topological polar surface area (TPSA) is 57.3 Å². The minimum absolute atomic E-state index is 0.263. The van der Waals surface area contributed by atoms with Crippen LogP contribution in [0.5, 0.6) is 0 Å². The summed E-state index contributed by atoms with van der Waals surface area (Å²) in [6.45, 7) is 0.338. The summed E-state index contributed by atoms with van der Waals surface area (Å²) in [4.78, 5) is 18.5. The second kappa shape index (κ2) is 8.99. The third kappa shape index (κ3) is 5.07. The van der Waals surface area contributed by atoms with Crippen LogP contribution in [-0.4, -0.2) is 31.5 Å². The lowest BCUT2D eigenvalue weighted by Gasteiger charge is -2.13. The fraction of sp³-hybridized carbons (Fsp3) is 0.182. The Labute approximate surface area is 164 Å². The van der Waals surface area contributed by atoms with Crippen LogP contribution in [0.25, 0.3) is 0 Å². The smallest absolute Gasteiger partial charge is 0.269 e. The summed E-state index contributed by atoms with van der Waals surface area (Å²) in [6, 6.07) is 18.0. The second-order valence-corrected chi connectivity index (χ2v) is 6.59. The first-order valence-corrected chi connectivity index (χ1v) is 9.05. The minimum Gasteiger partial charge on any atom is -0.378 e. The van der Waals surface area contributed by atoms with Crippen molar-refractivity contribution in [2.24, 2.45) is 0 Å². The summed E-state index contributed by atoms with van der Waals surface area (Å²) in [5.74, 6) is -0.552. The molecule has 0 fully saturated rings. The molecule has 0 aliphatic rings. The number of amides is 1. The van der Waals surface area contributed by atoms with E-state index in [0.29, 0.717) is 24.2 Å². The Morgan fingerprint density at radius 3 is 2.50 bits per heavy atom. The number of nitrogens with zero attached hydrogens (tertiary/aromatic N) is 2. The van der Waals surface area contributed by atoms with Crippen LogP contribution < -0.4 is 15.5 Å². The number of rotatable bonds is 7. The van der Waals surface area contributed by atoms with Crippen LogP contribution >= 0.6 is 0 Å². The highest BCUT2D eigenvalue weighted by molar-refractivity contribution is 5.93. The number of hydrogen-bond donors (Lipinski definition) is 2. The van der Waals surface area contributed by atoms with E-state index in [1.165, 1.54) is 6.07 Å². The van der Waals surface area contributed by atoms with Gasteiger partial charge in [0.25, 0.3) is 5.91 Å². The zero-order chi connectivity index (χ0) is 19.9. The van der Waals surface area contributed by atoms with Crippen LogP contribution in [0.15, 0.2) is 66.9 Å². The lowest BCUT2D eigenvalue weighted by Crippen LogP contribution is -2.26. The molecule has 2 N–H and O–H groups in total. The van der Waals surface area contributed by atoms with Gasteiger partial charge in [-0.2, -0.15) is 0 Å².